The number of carbonyl (C=O) groups excluding carboxylic acids is 1. The summed E-state index contributed by atoms with van der Waals surface area (Å²) in [5.41, 5.74) is 0.911. The molecule has 3 rings (SSSR count). The molecule has 2 aromatic rings. The molecule has 0 radical (unpaired) electrons. The van der Waals surface area contributed by atoms with Crippen LogP contribution in [0.2, 0.25) is 0 Å². The van der Waals surface area contributed by atoms with Gasteiger partial charge in [-0.15, -0.1) is 0 Å². The molecule has 0 saturated heterocycles. The Hall–Kier alpha value is -2.41. The van der Waals surface area contributed by atoms with Crippen molar-refractivity contribution in [3.05, 3.63) is 53.8 Å². The molecule has 144 valence electrons. The molecule has 27 heavy (non-hydrogen) atoms. The van der Waals surface area contributed by atoms with Gasteiger partial charge in [-0.1, -0.05) is 25.0 Å². The van der Waals surface area contributed by atoms with Crippen molar-refractivity contribution in [3.63, 3.8) is 0 Å². The highest BCUT2D eigenvalue weighted by Crippen LogP contribution is 2.30. The van der Waals surface area contributed by atoms with Crippen LogP contribution in [0.4, 0.5) is 10.1 Å². The molecule has 1 saturated carbocycles. The first-order valence-electron chi connectivity index (χ1n) is 8.86. The number of sulfone groups is 1. The lowest BCUT2D eigenvalue weighted by Gasteiger charge is -2.13. The van der Waals surface area contributed by atoms with E-state index in [0.29, 0.717) is 24.1 Å². The average molecular weight is 391 g/mol. The van der Waals surface area contributed by atoms with Crippen molar-refractivity contribution < 1.29 is 22.3 Å². The van der Waals surface area contributed by atoms with E-state index in [0.717, 1.165) is 12.8 Å². The summed E-state index contributed by atoms with van der Waals surface area (Å²) in [4.78, 5) is 12.5. The highest BCUT2D eigenvalue weighted by molar-refractivity contribution is 7.92. The Kier molecular flexibility index (Phi) is 5.79. The minimum atomic E-state index is -3.38. The van der Waals surface area contributed by atoms with E-state index in [1.54, 1.807) is 24.3 Å². The quantitative estimate of drug-likeness (QED) is 0.814. The molecule has 1 fully saturated rings. The Bertz CT molecular complexity index is 937. The lowest BCUT2D eigenvalue weighted by Crippen LogP contribution is -2.19. The summed E-state index contributed by atoms with van der Waals surface area (Å²) in [5, 5.41) is 2.34. The first-order valence-corrected chi connectivity index (χ1v) is 10.4. The van der Waals surface area contributed by atoms with Gasteiger partial charge in [0.05, 0.1) is 23.7 Å². The van der Waals surface area contributed by atoms with E-state index in [1.807, 2.05) is 0 Å². The number of carbonyl (C=O) groups is 1. The number of benzene rings is 2. The summed E-state index contributed by atoms with van der Waals surface area (Å²) in [6, 6.07) is 10.6. The number of methoxy groups -OCH3 is 1. The molecule has 0 bridgehead atoms. The minimum Gasteiger partial charge on any atom is -0.494 e. The number of rotatable bonds is 6. The van der Waals surface area contributed by atoms with Gasteiger partial charge in [0.1, 0.15) is 0 Å². The van der Waals surface area contributed by atoms with Gasteiger partial charge in [0, 0.05) is 5.69 Å². The van der Waals surface area contributed by atoms with Gasteiger partial charge >= 0.3 is 0 Å². The summed E-state index contributed by atoms with van der Waals surface area (Å²) in [7, 11) is -2.01. The highest BCUT2D eigenvalue weighted by atomic mass is 32.2. The fraction of sp³-hybridized carbons (Fsp3) is 0.350. The molecule has 7 heteroatoms. The molecule has 0 spiro atoms. The molecule has 5 nitrogen and oxygen atoms in total. The van der Waals surface area contributed by atoms with Gasteiger partial charge in [-0.05, 0) is 48.7 Å². The number of hydrogen-bond acceptors (Lipinski definition) is 4. The lowest BCUT2D eigenvalue weighted by molar-refractivity contribution is -0.115. The van der Waals surface area contributed by atoms with Crippen LogP contribution in [0.15, 0.2) is 47.4 Å². The number of anilines is 1. The predicted molar refractivity (Wildman–Crippen MR) is 101 cm³/mol. The summed E-state index contributed by atoms with van der Waals surface area (Å²) >= 11 is 0. The van der Waals surface area contributed by atoms with E-state index in [9.17, 15) is 17.6 Å². The van der Waals surface area contributed by atoms with Gasteiger partial charge in [-0.3, -0.25) is 4.79 Å². The molecule has 2 aromatic carbocycles. The van der Waals surface area contributed by atoms with Gasteiger partial charge < -0.3 is 10.1 Å². The zero-order chi connectivity index (χ0) is 19.4. The summed E-state index contributed by atoms with van der Waals surface area (Å²) in [5.74, 6) is -0.772. The van der Waals surface area contributed by atoms with Crippen LogP contribution in [-0.2, 0) is 21.1 Å². The van der Waals surface area contributed by atoms with Crippen molar-refractivity contribution in [2.24, 2.45) is 0 Å². The number of nitrogens with one attached hydrogen (secondary N) is 1. The third-order valence-corrected chi connectivity index (χ3v) is 7.03. The normalized spacial score (nSPS) is 14.9. The van der Waals surface area contributed by atoms with Gasteiger partial charge in [0.2, 0.25) is 5.91 Å². The Morgan fingerprint density at radius 3 is 2.59 bits per heavy atom. The van der Waals surface area contributed by atoms with Crippen LogP contribution in [-0.4, -0.2) is 26.7 Å². The maximum absolute atomic E-state index is 13.7. The van der Waals surface area contributed by atoms with E-state index < -0.39 is 15.7 Å². The fourth-order valence-corrected chi connectivity index (χ4v) is 5.25. The van der Waals surface area contributed by atoms with Crippen LogP contribution < -0.4 is 10.1 Å². The number of hydrogen-bond donors (Lipinski definition) is 1. The first-order chi connectivity index (χ1) is 12.9. The molecule has 0 heterocycles. The third kappa shape index (κ3) is 4.47. The lowest BCUT2D eigenvalue weighted by atomic mass is 10.1. The van der Waals surface area contributed by atoms with Crippen LogP contribution in [0.3, 0.4) is 0 Å². The van der Waals surface area contributed by atoms with Crippen molar-refractivity contribution in [1.29, 1.82) is 0 Å². The molecular weight excluding hydrogens is 369 g/mol. The van der Waals surface area contributed by atoms with Gasteiger partial charge in [0.15, 0.2) is 21.4 Å². The second-order valence-corrected chi connectivity index (χ2v) is 8.90. The van der Waals surface area contributed by atoms with Gasteiger partial charge in [-0.2, -0.15) is 0 Å². The Labute approximate surface area is 158 Å². The number of ether oxygens (including phenoxy) is 1. The van der Waals surface area contributed by atoms with E-state index in [2.05, 4.69) is 5.32 Å². The second-order valence-electron chi connectivity index (χ2n) is 6.67. The molecule has 1 amide bonds. The molecule has 1 aliphatic carbocycles. The third-order valence-electron chi connectivity index (χ3n) is 4.77. The van der Waals surface area contributed by atoms with Crippen molar-refractivity contribution in [2.45, 2.75) is 42.2 Å². The fourth-order valence-electron chi connectivity index (χ4n) is 3.35. The number of amides is 1. The Morgan fingerprint density at radius 1 is 1.19 bits per heavy atom. The Balaban J connectivity index is 1.70. The van der Waals surface area contributed by atoms with Crippen LogP contribution in [0.5, 0.6) is 5.75 Å². The summed E-state index contributed by atoms with van der Waals surface area (Å²) in [6.07, 6.45) is 3.20. The maximum atomic E-state index is 13.7. The maximum Gasteiger partial charge on any atom is 0.228 e. The standard InChI is InChI=1S/C20H22FNO4S/c1-26-19-10-9-14(11-18(19)21)12-20(23)22-15-5-4-8-17(13-15)27(24,25)16-6-2-3-7-16/h4-5,8-11,13,16H,2-3,6-7,12H2,1H3,(H,22,23). The highest BCUT2D eigenvalue weighted by Gasteiger charge is 2.30. The van der Waals surface area contributed by atoms with E-state index in [4.69, 9.17) is 4.74 Å². The largest absolute Gasteiger partial charge is 0.494 e. The topological polar surface area (TPSA) is 72.5 Å². The smallest absolute Gasteiger partial charge is 0.228 e. The van der Waals surface area contributed by atoms with Crippen LogP contribution >= 0.6 is 0 Å². The molecule has 0 aromatic heterocycles. The van der Waals surface area contributed by atoms with Crippen molar-refractivity contribution in [1.82, 2.24) is 0 Å². The van der Waals surface area contributed by atoms with Crippen molar-refractivity contribution in [3.8, 4) is 5.75 Å². The zero-order valence-electron chi connectivity index (χ0n) is 15.1. The van der Waals surface area contributed by atoms with E-state index in [1.165, 1.54) is 25.3 Å². The molecule has 1 aliphatic rings. The van der Waals surface area contributed by atoms with Crippen molar-refractivity contribution >= 4 is 21.4 Å². The predicted octanol–water partition coefficient (Wildman–Crippen LogP) is 3.73. The van der Waals surface area contributed by atoms with Crippen LogP contribution in [0, 0.1) is 5.82 Å². The number of halogens is 1. The summed E-state index contributed by atoms with van der Waals surface area (Å²) < 4.78 is 44.0. The zero-order valence-corrected chi connectivity index (χ0v) is 15.9. The molecule has 0 atom stereocenters. The van der Waals surface area contributed by atoms with Gasteiger partial charge in [-0.25, -0.2) is 12.8 Å². The van der Waals surface area contributed by atoms with Crippen LogP contribution in [0.1, 0.15) is 31.2 Å². The molecule has 0 aliphatic heterocycles. The second kappa shape index (κ2) is 8.08. The van der Waals surface area contributed by atoms with Gasteiger partial charge in [0.25, 0.3) is 0 Å². The summed E-state index contributed by atoms with van der Waals surface area (Å²) in [6.45, 7) is 0. The minimum absolute atomic E-state index is 0.0273. The van der Waals surface area contributed by atoms with Crippen molar-refractivity contribution in [2.75, 3.05) is 12.4 Å². The molecule has 0 unspecified atom stereocenters. The van der Waals surface area contributed by atoms with E-state index >= 15 is 0 Å². The Morgan fingerprint density at radius 2 is 1.93 bits per heavy atom. The monoisotopic (exact) mass is 391 g/mol. The average Bonchev–Trinajstić information content (AvgIpc) is 3.17. The van der Waals surface area contributed by atoms with Crippen LogP contribution in [0.25, 0.3) is 0 Å². The molecular formula is C20H22FNO4S. The van der Waals surface area contributed by atoms with E-state index in [-0.39, 0.29) is 28.2 Å². The first kappa shape index (κ1) is 19.4. The SMILES string of the molecule is COc1ccc(CC(=O)Nc2cccc(S(=O)(=O)C3CCCC3)c2)cc1F. The molecule has 1 N–H and O–H groups in total.